The van der Waals surface area contributed by atoms with Crippen LogP contribution in [0.3, 0.4) is 0 Å². The molecule has 1 aliphatic rings. The maximum Gasteiger partial charge on any atom is 0.151 e. The van der Waals surface area contributed by atoms with Gasteiger partial charge in [-0.3, -0.25) is 0 Å². The molecule has 0 aliphatic heterocycles. The van der Waals surface area contributed by atoms with Crippen LogP contribution >= 0.6 is 0 Å². The van der Waals surface area contributed by atoms with E-state index in [4.69, 9.17) is 0 Å². The summed E-state index contributed by atoms with van der Waals surface area (Å²) in [6.45, 7) is 5.19. The Balaban J connectivity index is 2.02. The van der Waals surface area contributed by atoms with Crippen LogP contribution < -0.4 is 5.32 Å². The standard InChI is InChI=1S/C15H20FN3/c1-3-17-10(2)9-14-18-15-12(16)5-4-6-13(15)19(14)11-7-8-11/h4-6,10-11,17H,3,7-9H2,1-2H3. The molecule has 4 heteroatoms. The Morgan fingerprint density at radius 3 is 2.95 bits per heavy atom. The number of nitrogens with one attached hydrogen (secondary N) is 1. The molecule has 1 aromatic carbocycles. The highest BCUT2D eigenvalue weighted by Crippen LogP contribution is 2.39. The highest BCUT2D eigenvalue weighted by atomic mass is 19.1. The fraction of sp³-hybridized carbons (Fsp3) is 0.533. The average molecular weight is 261 g/mol. The van der Waals surface area contributed by atoms with Crippen molar-refractivity contribution in [2.75, 3.05) is 6.54 Å². The number of fused-ring (bicyclic) bond motifs is 1. The van der Waals surface area contributed by atoms with E-state index in [0.717, 1.165) is 24.3 Å². The van der Waals surface area contributed by atoms with E-state index in [1.165, 1.54) is 18.9 Å². The van der Waals surface area contributed by atoms with Gasteiger partial charge in [-0.2, -0.15) is 0 Å². The molecule has 102 valence electrons. The van der Waals surface area contributed by atoms with Gasteiger partial charge in [0.1, 0.15) is 11.3 Å². The number of para-hydroxylation sites is 1. The van der Waals surface area contributed by atoms with Gasteiger partial charge >= 0.3 is 0 Å². The second-order valence-electron chi connectivity index (χ2n) is 5.40. The van der Waals surface area contributed by atoms with Crippen molar-refractivity contribution >= 4 is 11.0 Å². The van der Waals surface area contributed by atoms with Crippen LogP contribution in [0.15, 0.2) is 18.2 Å². The quantitative estimate of drug-likeness (QED) is 0.896. The van der Waals surface area contributed by atoms with Crippen molar-refractivity contribution in [3.63, 3.8) is 0 Å². The molecule has 3 rings (SSSR count). The zero-order valence-corrected chi connectivity index (χ0v) is 11.5. The van der Waals surface area contributed by atoms with Crippen LogP contribution in [0.1, 0.15) is 38.6 Å². The number of hydrogen-bond acceptors (Lipinski definition) is 2. The van der Waals surface area contributed by atoms with Gasteiger partial charge in [0.05, 0.1) is 5.52 Å². The van der Waals surface area contributed by atoms with Crippen LogP contribution in [0.4, 0.5) is 4.39 Å². The Morgan fingerprint density at radius 2 is 2.26 bits per heavy atom. The number of benzene rings is 1. The molecule has 0 radical (unpaired) electrons. The molecule has 1 N–H and O–H groups in total. The third kappa shape index (κ3) is 2.37. The molecule has 1 saturated carbocycles. The lowest BCUT2D eigenvalue weighted by atomic mass is 10.2. The third-order valence-corrected chi connectivity index (χ3v) is 3.70. The number of likely N-dealkylation sites (N-methyl/N-ethyl adjacent to an activating group) is 1. The maximum absolute atomic E-state index is 13.9. The molecule has 19 heavy (non-hydrogen) atoms. The summed E-state index contributed by atoms with van der Waals surface area (Å²) in [6.07, 6.45) is 3.22. The zero-order valence-electron chi connectivity index (χ0n) is 11.5. The molecule has 1 fully saturated rings. The van der Waals surface area contributed by atoms with Crippen LogP contribution in [0.5, 0.6) is 0 Å². The summed E-state index contributed by atoms with van der Waals surface area (Å²) in [6, 6.07) is 6.13. The molecule has 1 aromatic heterocycles. The topological polar surface area (TPSA) is 29.9 Å². The first-order valence-corrected chi connectivity index (χ1v) is 7.09. The molecule has 1 heterocycles. The van der Waals surface area contributed by atoms with Crippen LogP contribution in [0.25, 0.3) is 11.0 Å². The lowest BCUT2D eigenvalue weighted by Gasteiger charge is -2.13. The van der Waals surface area contributed by atoms with Gasteiger partial charge in [0.15, 0.2) is 5.82 Å². The number of hydrogen-bond donors (Lipinski definition) is 1. The Hall–Kier alpha value is -1.42. The van der Waals surface area contributed by atoms with Crippen LogP contribution in [0.2, 0.25) is 0 Å². The lowest BCUT2D eigenvalue weighted by molar-refractivity contribution is 0.536. The molecule has 1 unspecified atom stereocenters. The van der Waals surface area contributed by atoms with Crippen molar-refractivity contribution in [1.29, 1.82) is 0 Å². The van der Waals surface area contributed by atoms with Crippen molar-refractivity contribution in [2.45, 2.75) is 45.2 Å². The lowest BCUT2D eigenvalue weighted by Crippen LogP contribution is -2.28. The molecule has 3 nitrogen and oxygen atoms in total. The molecule has 0 spiro atoms. The summed E-state index contributed by atoms with van der Waals surface area (Å²) in [5.74, 6) is 0.797. The summed E-state index contributed by atoms with van der Waals surface area (Å²) in [7, 11) is 0. The number of rotatable bonds is 5. The fourth-order valence-electron chi connectivity index (χ4n) is 2.71. The highest BCUT2D eigenvalue weighted by Gasteiger charge is 2.29. The maximum atomic E-state index is 13.9. The summed E-state index contributed by atoms with van der Waals surface area (Å²) in [4.78, 5) is 4.54. The minimum atomic E-state index is -0.214. The van der Waals surface area contributed by atoms with Crippen molar-refractivity contribution in [1.82, 2.24) is 14.9 Å². The number of aromatic nitrogens is 2. The monoisotopic (exact) mass is 261 g/mol. The van der Waals surface area contributed by atoms with E-state index in [1.54, 1.807) is 6.07 Å². The van der Waals surface area contributed by atoms with Gasteiger partial charge in [0.2, 0.25) is 0 Å². The normalized spacial score (nSPS) is 17.0. The first-order chi connectivity index (χ1) is 9.20. The van der Waals surface area contributed by atoms with Gasteiger partial charge < -0.3 is 9.88 Å². The Labute approximate surface area is 112 Å². The average Bonchev–Trinajstić information content (AvgIpc) is 3.13. The predicted octanol–water partition coefficient (Wildman–Crippen LogP) is 3.05. The van der Waals surface area contributed by atoms with E-state index >= 15 is 0 Å². The Morgan fingerprint density at radius 1 is 1.47 bits per heavy atom. The first kappa shape index (κ1) is 12.6. The van der Waals surface area contributed by atoms with E-state index in [9.17, 15) is 4.39 Å². The van der Waals surface area contributed by atoms with Gasteiger partial charge in [0, 0.05) is 18.5 Å². The molecular weight excluding hydrogens is 241 g/mol. The molecule has 1 aliphatic carbocycles. The van der Waals surface area contributed by atoms with Crippen molar-refractivity contribution < 1.29 is 4.39 Å². The Bertz CT molecular complexity index is 586. The van der Waals surface area contributed by atoms with E-state index in [2.05, 4.69) is 28.7 Å². The SMILES string of the molecule is CCNC(C)Cc1nc2c(F)cccc2n1C1CC1. The fourth-order valence-corrected chi connectivity index (χ4v) is 2.71. The van der Waals surface area contributed by atoms with Crippen LogP contribution in [-0.4, -0.2) is 22.1 Å². The summed E-state index contributed by atoms with van der Waals surface area (Å²) < 4.78 is 16.1. The van der Waals surface area contributed by atoms with E-state index in [0.29, 0.717) is 17.6 Å². The van der Waals surface area contributed by atoms with Gasteiger partial charge in [-0.05, 0) is 38.4 Å². The van der Waals surface area contributed by atoms with Crippen LogP contribution in [-0.2, 0) is 6.42 Å². The number of halogens is 1. The van der Waals surface area contributed by atoms with Gasteiger partial charge in [0.25, 0.3) is 0 Å². The summed E-state index contributed by atoms with van der Waals surface area (Å²) in [5, 5.41) is 3.39. The number of nitrogens with zero attached hydrogens (tertiary/aromatic N) is 2. The van der Waals surface area contributed by atoms with Gasteiger partial charge in [-0.25, -0.2) is 9.37 Å². The van der Waals surface area contributed by atoms with E-state index in [-0.39, 0.29) is 5.82 Å². The van der Waals surface area contributed by atoms with E-state index < -0.39 is 0 Å². The number of imidazole rings is 1. The second kappa shape index (κ2) is 4.93. The minimum Gasteiger partial charge on any atom is -0.325 e. The first-order valence-electron chi connectivity index (χ1n) is 7.09. The minimum absolute atomic E-state index is 0.214. The Kier molecular flexibility index (Phi) is 3.27. The third-order valence-electron chi connectivity index (χ3n) is 3.70. The molecule has 2 aromatic rings. The molecule has 0 amide bonds. The predicted molar refractivity (Wildman–Crippen MR) is 74.8 cm³/mol. The van der Waals surface area contributed by atoms with Crippen molar-refractivity contribution in [2.24, 2.45) is 0 Å². The largest absolute Gasteiger partial charge is 0.325 e. The highest BCUT2D eigenvalue weighted by molar-refractivity contribution is 5.77. The van der Waals surface area contributed by atoms with E-state index in [1.807, 2.05) is 6.07 Å². The molecule has 0 saturated heterocycles. The van der Waals surface area contributed by atoms with Crippen molar-refractivity contribution in [3.05, 3.63) is 29.8 Å². The van der Waals surface area contributed by atoms with Gasteiger partial charge in [-0.15, -0.1) is 0 Å². The summed E-state index contributed by atoms with van der Waals surface area (Å²) >= 11 is 0. The second-order valence-corrected chi connectivity index (χ2v) is 5.40. The molecule has 1 atom stereocenters. The molecular formula is C15H20FN3. The summed E-state index contributed by atoms with van der Waals surface area (Å²) in [5.41, 5.74) is 1.47. The van der Waals surface area contributed by atoms with Gasteiger partial charge in [-0.1, -0.05) is 13.0 Å². The van der Waals surface area contributed by atoms with Crippen molar-refractivity contribution in [3.8, 4) is 0 Å². The zero-order chi connectivity index (χ0) is 13.4. The smallest absolute Gasteiger partial charge is 0.151 e. The van der Waals surface area contributed by atoms with Crippen LogP contribution in [0, 0.1) is 5.82 Å². The molecule has 0 bridgehead atoms.